The third-order valence-corrected chi connectivity index (χ3v) is 7.20. The minimum atomic E-state index is -0.0987. The average molecular weight is 453 g/mol. The molecule has 0 radical (unpaired) electrons. The summed E-state index contributed by atoms with van der Waals surface area (Å²) in [4.78, 5) is 35.8. The van der Waals surface area contributed by atoms with E-state index in [1.807, 2.05) is 57.2 Å². The monoisotopic (exact) mass is 452 g/mol. The molecule has 1 N–H and O–H groups in total. The number of hydrogen-bond donors (Lipinski definition) is 1. The van der Waals surface area contributed by atoms with Crippen molar-refractivity contribution in [2.24, 2.45) is 0 Å². The molecular weight excluding hydrogens is 428 g/mol. The number of benzene rings is 1. The highest BCUT2D eigenvalue weighted by atomic mass is 32.2. The van der Waals surface area contributed by atoms with E-state index < -0.39 is 0 Å². The minimum absolute atomic E-state index is 0.0626. The van der Waals surface area contributed by atoms with E-state index in [0.29, 0.717) is 21.9 Å². The van der Waals surface area contributed by atoms with Crippen molar-refractivity contribution in [2.45, 2.75) is 44.9 Å². The normalized spacial score (nSPS) is 12.4. The summed E-state index contributed by atoms with van der Waals surface area (Å²) in [5.41, 5.74) is 2.73. The van der Waals surface area contributed by atoms with Gasteiger partial charge in [0.05, 0.1) is 17.8 Å². The SMILES string of the molecule is CC[C@H](C)NC(=O)CSc1nc2c(sc3ncccc32)c(=O)n1Cc1ccc(C)cc1. The number of fused-ring (bicyclic) bond motifs is 3. The van der Waals surface area contributed by atoms with E-state index in [1.165, 1.54) is 23.1 Å². The van der Waals surface area contributed by atoms with Gasteiger partial charge in [0.2, 0.25) is 5.91 Å². The Bertz CT molecular complexity index is 1290. The lowest BCUT2D eigenvalue weighted by Gasteiger charge is -2.14. The lowest BCUT2D eigenvalue weighted by atomic mass is 10.1. The molecule has 0 saturated heterocycles. The van der Waals surface area contributed by atoms with Crippen LogP contribution in [0.4, 0.5) is 0 Å². The molecule has 0 saturated carbocycles. The van der Waals surface area contributed by atoms with E-state index in [9.17, 15) is 9.59 Å². The first-order chi connectivity index (χ1) is 15.0. The molecule has 1 aromatic carbocycles. The van der Waals surface area contributed by atoms with Crippen molar-refractivity contribution in [3.05, 3.63) is 64.1 Å². The molecule has 0 aliphatic heterocycles. The van der Waals surface area contributed by atoms with E-state index in [4.69, 9.17) is 4.98 Å². The number of aryl methyl sites for hydroxylation is 1. The number of rotatable bonds is 7. The molecule has 8 heteroatoms. The molecule has 1 atom stereocenters. The van der Waals surface area contributed by atoms with Crippen LogP contribution in [0.3, 0.4) is 0 Å². The zero-order valence-corrected chi connectivity index (χ0v) is 19.3. The third-order valence-electron chi connectivity index (χ3n) is 5.13. The van der Waals surface area contributed by atoms with E-state index in [-0.39, 0.29) is 23.3 Å². The summed E-state index contributed by atoms with van der Waals surface area (Å²) in [6, 6.07) is 12.0. The zero-order chi connectivity index (χ0) is 22.0. The molecule has 31 heavy (non-hydrogen) atoms. The second kappa shape index (κ2) is 9.20. The molecule has 4 aromatic rings. The third kappa shape index (κ3) is 4.65. The van der Waals surface area contributed by atoms with Crippen LogP contribution < -0.4 is 10.9 Å². The maximum absolute atomic E-state index is 13.5. The predicted octanol–water partition coefficient (Wildman–Crippen LogP) is 4.37. The Morgan fingerprint density at radius 1 is 1.26 bits per heavy atom. The van der Waals surface area contributed by atoms with Gasteiger partial charge in [-0.25, -0.2) is 9.97 Å². The number of carbonyl (C=O) groups excluding carboxylic acids is 1. The molecule has 0 spiro atoms. The topological polar surface area (TPSA) is 76.9 Å². The fourth-order valence-corrected chi connectivity index (χ4v) is 5.05. The van der Waals surface area contributed by atoms with Crippen molar-refractivity contribution in [1.29, 1.82) is 0 Å². The highest BCUT2D eigenvalue weighted by molar-refractivity contribution is 7.99. The molecule has 160 valence electrons. The Balaban J connectivity index is 1.76. The number of aromatic nitrogens is 3. The van der Waals surface area contributed by atoms with Gasteiger partial charge in [-0.3, -0.25) is 14.2 Å². The van der Waals surface area contributed by atoms with Gasteiger partial charge in [0.1, 0.15) is 9.53 Å². The first-order valence-corrected chi connectivity index (χ1v) is 12.0. The van der Waals surface area contributed by atoms with E-state index in [0.717, 1.165) is 27.8 Å². The van der Waals surface area contributed by atoms with Crippen LogP contribution in [0.5, 0.6) is 0 Å². The van der Waals surface area contributed by atoms with Crippen LogP contribution >= 0.6 is 23.1 Å². The van der Waals surface area contributed by atoms with Crippen LogP contribution in [-0.2, 0) is 11.3 Å². The fourth-order valence-electron chi connectivity index (χ4n) is 3.22. The number of carbonyl (C=O) groups is 1. The van der Waals surface area contributed by atoms with Gasteiger partial charge in [-0.05, 0) is 38.0 Å². The second-order valence-electron chi connectivity index (χ2n) is 7.57. The average Bonchev–Trinajstić information content (AvgIpc) is 3.14. The molecule has 0 aliphatic rings. The summed E-state index contributed by atoms with van der Waals surface area (Å²) in [6.07, 6.45) is 2.59. The highest BCUT2D eigenvalue weighted by Crippen LogP contribution is 2.30. The van der Waals surface area contributed by atoms with Crippen LogP contribution in [0.25, 0.3) is 20.4 Å². The predicted molar refractivity (Wildman–Crippen MR) is 128 cm³/mol. The maximum atomic E-state index is 13.5. The summed E-state index contributed by atoms with van der Waals surface area (Å²) in [5, 5.41) is 4.38. The first-order valence-electron chi connectivity index (χ1n) is 10.2. The van der Waals surface area contributed by atoms with Crippen molar-refractivity contribution in [2.75, 3.05) is 5.75 Å². The van der Waals surface area contributed by atoms with Gasteiger partial charge >= 0.3 is 0 Å². The summed E-state index contributed by atoms with van der Waals surface area (Å²) in [5.74, 6) is 0.142. The number of amides is 1. The van der Waals surface area contributed by atoms with Gasteiger partial charge in [0, 0.05) is 17.6 Å². The molecule has 4 rings (SSSR count). The number of thioether (sulfide) groups is 1. The molecule has 6 nitrogen and oxygen atoms in total. The van der Waals surface area contributed by atoms with Crippen LogP contribution in [0, 0.1) is 6.92 Å². The smallest absolute Gasteiger partial charge is 0.272 e. The number of pyridine rings is 1. The first kappa shape index (κ1) is 21.5. The van der Waals surface area contributed by atoms with E-state index in [1.54, 1.807) is 10.8 Å². The van der Waals surface area contributed by atoms with E-state index in [2.05, 4.69) is 10.3 Å². The molecule has 0 aliphatic carbocycles. The minimum Gasteiger partial charge on any atom is -0.353 e. The van der Waals surface area contributed by atoms with Crippen molar-refractivity contribution >= 4 is 49.4 Å². The summed E-state index contributed by atoms with van der Waals surface area (Å²) < 4.78 is 2.26. The fraction of sp³-hybridized carbons (Fsp3) is 0.304. The van der Waals surface area contributed by atoms with Gasteiger partial charge in [-0.15, -0.1) is 11.3 Å². The summed E-state index contributed by atoms with van der Waals surface area (Å²) in [6.45, 7) is 6.44. The Morgan fingerprint density at radius 3 is 2.77 bits per heavy atom. The Labute approximate surface area is 188 Å². The second-order valence-corrected chi connectivity index (χ2v) is 9.51. The molecule has 3 aromatic heterocycles. The van der Waals surface area contributed by atoms with E-state index >= 15 is 0 Å². The largest absolute Gasteiger partial charge is 0.353 e. The molecular formula is C23H24N4O2S2. The number of thiophene rings is 1. The standard InChI is InChI=1S/C23H24N4O2S2/c1-4-15(3)25-18(28)13-30-23-26-19-17-6-5-11-24-21(17)31-20(19)22(29)27(23)12-16-9-7-14(2)8-10-16/h5-11,15H,4,12-13H2,1-3H3,(H,25,28)/t15-/m0/s1. The maximum Gasteiger partial charge on any atom is 0.272 e. The Kier molecular flexibility index (Phi) is 6.38. The van der Waals surface area contributed by atoms with Crippen molar-refractivity contribution in [3.8, 4) is 0 Å². The van der Waals surface area contributed by atoms with Crippen LogP contribution in [0.2, 0.25) is 0 Å². The van der Waals surface area contributed by atoms with Crippen LogP contribution in [-0.4, -0.2) is 32.2 Å². The molecule has 0 fully saturated rings. The summed E-state index contributed by atoms with van der Waals surface area (Å²) >= 11 is 2.66. The lowest BCUT2D eigenvalue weighted by molar-refractivity contribution is -0.119. The van der Waals surface area contributed by atoms with Gasteiger partial charge in [-0.2, -0.15) is 0 Å². The quantitative estimate of drug-likeness (QED) is 0.333. The summed E-state index contributed by atoms with van der Waals surface area (Å²) in [7, 11) is 0. The number of hydrogen-bond acceptors (Lipinski definition) is 6. The lowest BCUT2D eigenvalue weighted by Crippen LogP contribution is -2.33. The molecule has 0 bridgehead atoms. The van der Waals surface area contributed by atoms with Crippen LogP contribution in [0.1, 0.15) is 31.4 Å². The van der Waals surface area contributed by atoms with Crippen molar-refractivity contribution < 1.29 is 4.79 Å². The molecule has 3 heterocycles. The molecule has 1 amide bonds. The number of nitrogens with one attached hydrogen (secondary N) is 1. The van der Waals surface area contributed by atoms with Crippen molar-refractivity contribution in [3.63, 3.8) is 0 Å². The van der Waals surface area contributed by atoms with Crippen LogP contribution in [0.15, 0.2) is 52.5 Å². The van der Waals surface area contributed by atoms with Gasteiger partial charge < -0.3 is 5.32 Å². The number of nitrogens with zero attached hydrogens (tertiary/aromatic N) is 3. The van der Waals surface area contributed by atoms with Gasteiger partial charge in [0.15, 0.2) is 5.16 Å². The Morgan fingerprint density at radius 2 is 2.03 bits per heavy atom. The van der Waals surface area contributed by atoms with Gasteiger partial charge in [-0.1, -0.05) is 48.5 Å². The Hall–Kier alpha value is -2.71. The zero-order valence-electron chi connectivity index (χ0n) is 17.7. The van der Waals surface area contributed by atoms with Crippen molar-refractivity contribution in [1.82, 2.24) is 19.9 Å². The van der Waals surface area contributed by atoms with Gasteiger partial charge in [0.25, 0.3) is 5.56 Å². The highest BCUT2D eigenvalue weighted by Gasteiger charge is 2.18. The molecule has 0 unspecified atom stereocenters.